The van der Waals surface area contributed by atoms with Crippen molar-refractivity contribution in [3.63, 3.8) is 0 Å². The van der Waals surface area contributed by atoms with Crippen molar-refractivity contribution in [3.05, 3.63) is 28.2 Å². The van der Waals surface area contributed by atoms with Crippen LogP contribution in [0.4, 0.5) is 0 Å². The predicted octanol–water partition coefficient (Wildman–Crippen LogP) is -0.455. The summed E-state index contributed by atoms with van der Waals surface area (Å²) >= 11 is 1.58. The Labute approximate surface area is 119 Å². The second kappa shape index (κ2) is 7.08. The first kappa shape index (κ1) is 14.6. The number of esters is 1. The van der Waals surface area contributed by atoms with Gasteiger partial charge in [0.05, 0.1) is 7.11 Å². The maximum atomic E-state index is 11.4. The molecule has 108 valence electrons. The molecule has 0 fully saturated rings. The zero-order valence-corrected chi connectivity index (χ0v) is 11.8. The number of nitrogens with one attached hydrogen (secondary N) is 1. The molecular weight excluding hydrogens is 280 g/mol. The summed E-state index contributed by atoms with van der Waals surface area (Å²) in [4.78, 5) is 12.4. The normalized spacial score (nSPS) is 12.3. The second-order valence-corrected chi connectivity index (χ2v) is 4.94. The highest BCUT2D eigenvalue weighted by atomic mass is 32.1. The van der Waals surface area contributed by atoms with Crippen LogP contribution >= 0.6 is 11.3 Å². The van der Waals surface area contributed by atoms with Crippen molar-refractivity contribution in [3.8, 4) is 0 Å². The minimum atomic E-state index is -0.401. The molecule has 1 unspecified atom stereocenters. The van der Waals surface area contributed by atoms with Crippen LogP contribution < -0.4 is 11.1 Å². The van der Waals surface area contributed by atoms with E-state index in [9.17, 15) is 4.79 Å². The van der Waals surface area contributed by atoms with Gasteiger partial charge in [-0.25, -0.2) is 4.68 Å². The lowest BCUT2D eigenvalue weighted by molar-refractivity contribution is -0.141. The van der Waals surface area contributed by atoms with Gasteiger partial charge in [0.1, 0.15) is 12.6 Å². The SMILES string of the molecule is COC(=O)Cn1nnnc1C(NCCN)c1cccs1. The lowest BCUT2D eigenvalue weighted by Crippen LogP contribution is -2.30. The minimum absolute atomic E-state index is 0.0228. The molecule has 0 bridgehead atoms. The fourth-order valence-electron chi connectivity index (χ4n) is 1.72. The number of carbonyl (C=O) groups is 1. The molecule has 2 aromatic rings. The molecule has 0 aliphatic rings. The zero-order chi connectivity index (χ0) is 14.4. The molecule has 0 radical (unpaired) electrons. The molecule has 1 atom stereocenters. The molecular formula is C11H16N6O2S. The number of aromatic nitrogens is 4. The molecule has 9 heteroatoms. The van der Waals surface area contributed by atoms with Gasteiger partial charge < -0.3 is 15.8 Å². The van der Waals surface area contributed by atoms with Crippen LogP contribution in [0.5, 0.6) is 0 Å². The number of methoxy groups -OCH3 is 1. The molecule has 2 aromatic heterocycles. The largest absolute Gasteiger partial charge is 0.468 e. The average Bonchev–Trinajstić information content (AvgIpc) is 3.12. The number of nitrogens with zero attached hydrogens (tertiary/aromatic N) is 4. The van der Waals surface area contributed by atoms with Gasteiger partial charge in [0.15, 0.2) is 5.82 Å². The van der Waals surface area contributed by atoms with E-state index >= 15 is 0 Å². The van der Waals surface area contributed by atoms with E-state index in [1.54, 1.807) is 11.3 Å². The fourth-order valence-corrected chi connectivity index (χ4v) is 2.52. The van der Waals surface area contributed by atoms with E-state index in [1.165, 1.54) is 11.8 Å². The Bertz CT molecular complexity index is 541. The maximum Gasteiger partial charge on any atom is 0.327 e. The number of hydrogen-bond donors (Lipinski definition) is 2. The molecule has 2 heterocycles. The summed E-state index contributed by atoms with van der Waals surface area (Å²) in [6.45, 7) is 1.10. The highest BCUT2D eigenvalue weighted by Gasteiger charge is 2.22. The summed E-state index contributed by atoms with van der Waals surface area (Å²) in [6.07, 6.45) is 0. The van der Waals surface area contributed by atoms with Crippen LogP contribution in [-0.4, -0.2) is 46.4 Å². The summed E-state index contributed by atoms with van der Waals surface area (Å²) in [7, 11) is 1.33. The van der Waals surface area contributed by atoms with Gasteiger partial charge in [-0.05, 0) is 21.9 Å². The summed E-state index contributed by atoms with van der Waals surface area (Å²) in [5.41, 5.74) is 5.53. The van der Waals surface area contributed by atoms with Crippen LogP contribution in [0.2, 0.25) is 0 Å². The predicted molar refractivity (Wildman–Crippen MR) is 73.1 cm³/mol. The number of carbonyl (C=O) groups excluding carboxylic acids is 1. The number of hydrogen-bond acceptors (Lipinski definition) is 8. The third kappa shape index (κ3) is 3.38. The van der Waals surface area contributed by atoms with Gasteiger partial charge in [-0.1, -0.05) is 6.07 Å². The average molecular weight is 296 g/mol. The number of thiophene rings is 1. The van der Waals surface area contributed by atoms with Crippen molar-refractivity contribution in [2.24, 2.45) is 5.73 Å². The number of tetrazole rings is 1. The molecule has 0 saturated heterocycles. The van der Waals surface area contributed by atoms with Crippen LogP contribution in [0.15, 0.2) is 17.5 Å². The van der Waals surface area contributed by atoms with Gasteiger partial charge in [0.25, 0.3) is 0 Å². The van der Waals surface area contributed by atoms with Gasteiger partial charge in [-0.3, -0.25) is 4.79 Å². The minimum Gasteiger partial charge on any atom is -0.468 e. The summed E-state index contributed by atoms with van der Waals surface area (Å²) < 4.78 is 6.07. The lowest BCUT2D eigenvalue weighted by atomic mass is 10.2. The van der Waals surface area contributed by atoms with E-state index in [-0.39, 0.29) is 12.6 Å². The Kier molecular flexibility index (Phi) is 5.16. The molecule has 0 aliphatic carbocycles. The molecule has 0 amide bonds. The van der Waals surface area contributed by atoms with Crippen LogP contribution in [0, 0.1) is 0 Å². The van der Waals surface area contributed by atoms with Gasteiger partial charge in [-0.15, -0.1) is 16.4 Å². The second-order valence-electron chi connectivity index (χ2n) is 3.96. The van der Waals surface area contributed by atoms with Crippen molar-refractivity contribution < 1.29 is 9.53 Å². The number of nitrogens with two attached hydrogens (primary N) is 1. The Hall–Kier alpha value is -1.84. The quantitative estimate of drug-likeness (QED) is 0.666. The van der Waals surface area contributed by atoms with E-state index in [0.717, 1.165) is 4.88 Å². The topological polar surface area (TPSA) is 108 Å². The Morgan fingerprint density at radius 2 is 2.50 bits per heavy atom. The molecule has 2 rings (SSSR count). The third-order valence-electron chi connectivity index (χ3n) is 2.64. The third-order valence-corrected chi connectivity index (χ3v) is 3.58. The van der Waals surface area contributed by atoms with Crippen LogP contribution in [0.25, 0.3) is 0 Å². The summed E-state index contributed by atoms with van der Waals surface area (Å²) in [5.74, 6) is 0.161. The van der Waals surface area contributed by atoms with E-state index < -0.39 is 5.97 Å². The van der Waals surface area contributed by atoms with Crippen molar-refractivity contribution in [1.29, 1.82) is 0 Å². The Balaban J connectivity index is 2.25. The van der Waals surface area contributed by atoms with Crippen molar-refractivity contribution in [2.75, 3.05) is 20.2 Å². The monoisotopic (exact) mass is 296 g/mol. The van der Waals surface area contributed by atoms with Crippen molar-refractivity contribution >= 4 is 17.3 Å². The highest BCUT2D eigenvalue weighted by Crippen LogP contribution is 2.23. The number of rotatable bonds is 7. The maximum absolute atomic E-state index is 11.4. The van der Waals surface area contributed by atoms with E-state index in [1.807, 2.05) is 17.5 Å². The molecule has 0 aliphatic heterocycles. The first-order valence-electron chi connectivity index (χ1n) is 6.06. The fraction of sp³-hybridized carbons (Fsp3) is 0.455. The smallest absolute Gasteiger partial charge is 0.327 e. The Morgan fingerprint density at radius 3 is 3.15 bits per heavy atom. The van der Waals surface area contributed by atoms with Gasteiger partial charge in [0.2, 0.25) is 0 Å². The first-order valence-corrected chi connectivity index (χ1v) is 6.94. The molecule has 8 nitrogen and oxygen atoms in total. The molecule has 0 aromatic carbocycles. The molecule has 0 spiro atoms. The van der Waals surface area contributed by atoms with Crippen molar-refractivity contribution in [1.82, 2.24) is 25.5 Å². The standard InChI is InChI=1S/C11H16N6O2S/c1-19-9(18)7-17-11(14-15-16-17)10(13-5-4-12)8-3-2-6-20-8/h2-3,6,10,13H,4-5,7,12H2,1H3. The first-order chi connectivity index (χ1) is 9.76. The van der Waals surface area contributed by atoms with Gasteiger partial charge in [0, 0.05) is 18.0 Å². The van der Waals surface area contributed by atoms with E-state index in [2.05, 4.69) is 25.6 Å². The van der Waals surface area contributed by atoms with Crippen LogP contribution in [0.1, 0.15) is 16.7 Å². The van der Waals surface area contributed by atoms with Gasteiger partial charge >= 0.3 is 5.97 Å². The number of ether oxygens (including phenoxy) is 1. The van der Waals surface area contributed by atoms with Crippen LogP contribution in [-0.2, 0) is 16.1 Å². The lowest BCUT2D eigenvalue weighted by Gasteiger charge is -2.16. The van der Waals surface area contributed by atoms with Gasteiger partial charge in [-0.2, -0.15) is 0 Å². The van der Waals surface area contributed by atoms with E-state index in [0.29, 0.717) is 18.9 Å². The molecule has 20 heavy (non-hydrogen) atoms. The Morgan fingerprint density at radius 1 is 1.65 bits per heavy atom. The zero-order valence-electron chi connectivity index (χ0n) is 11.0. The summed E-state index contributed by atoms with van der Waals surface area (Å²) in [5, 5.41) is 16.7. The van der Waals surface area contributed by atoms with Crippen LogP contribution in [0.3, 0.4) is 0 Å². The van der Waals surface area contributed by atoms with Crippen molar-refractivity contribution in [2.45, 2.75) is 12.6 Å². The molecule has 3 N–H and O–H groups in total. The highest BCUT2D eigenvalue weighted by molar-refractivity contribution is 7.10. The molecule has 0 saturated carbocycles. The summed E-state index contributed by atoms with van der Waals surface area (Å²) in [6, 6.07) is 3.74. The van der Waals surface area contributed by atoms with E-state index in [4.69, 9.17) is 5.73 Å².